The molecular formula is C36H43Cl2IN6O4S. The Labute approximate surface area is 318 Å². The highest BCUT2D eigenvalue weighted by atomic mass is 127. The second-order valence-corrected chi connectivity index (χ2v) is 17.4. The molecule has 10 nitrogen and oxygen atoms in total. The van der Waals surface area contributed by atoms with Gasteiger partial charge in [0.2, 0.25) is 15.9 Å². The monoisotopic (exact) mass is 852 g/mol. The molecule has 1 atom stereocenters. The van der Waals surface area contributed by atoms with Crippen molar-refractivity contribution in [2.75, 3.05) is 75.0 Å². The van der Waals surface area contributed by atoms with Crippen molar-refractivity contribution in [1.29, 1.82) is 0 Å². The van der Waals surface area contributed by atoms with Crippen LogP contribution in [0.2, 0.25) is 10.0 Å². The fourth-order valence-corrected chi connectivity index (χ4v) is 9.37. The molecule has 3 aliphatic heterocycles. The molecule has 0 bridgehead atoms. The number of amides is 2. The molecule has 3 saturated heterocycles. The number of alkyl halides is 1. The average molecular weight is 854 g/mol. The number of anilines is 2. The first-order valence-electron chi connectivity index (χ1n) is 17.0. The third-order valence-electron chi connectivity index (χ3n) is 9.74. The van der Waals surface area contributed by atoms with E-state index in [1.165, 1.54) is 29.1 Å². The van der Waals surface area contributed by atoms with E-state index in [2.05, 4.69) is 60.8 Å². The van der Waals surface area contributed by atoms with Gasteiger partial charge in [-0.3, -0.25) is 14.5 Å². The Morgan fingerprint density at radius 1 is 0.840 bits per heavy atom. The Bertz CT molecular complexity index is 1780. The van der Waals surface area contributed by atoms with Crippen LogP contribution in [0.25, 0.3) is 0 Å². The van der Waals surface area contributed by atoms with Gasteiger partial charge in [-0.25, -0.2) is 8.42 Å². The zero-order valence-electron chi connectivity index (χ0n) is 28.2. The minimum absolute atomic E-state index is 0.0230. The lowest BCUT2D eigenvalue weighted by Crippen LogP contribution is -2.49. The SMILES string of the molecule is CS(=O)(=O)N1CCN(Cc2cc(Cl)c(CC(=O)N3CCN(c4ccc(C(=O)NCc5cccc(N6CCCC6I)c5)cc4)CC3)c(Cl)c2)CC1. The van der Waals surface area contributed by atoms with Crippen LogP contribution in [0, 0.1) is 0 Å². The van der Waals surface area contributed by atoms with E-state index in [0.717, 1.165) is 23.4 Å². The first kappa shape index (κ1) is 37.1. The smallest absolute Gasteiger partial charge is 0.251 e. The van der Waals surface area contributed by atoms with Gasteiger partial charge in [-0.2, -0.15) is 4.31 Å². The Morgan fingerprint density at radius 2 is 1.52 bits per heavy atom. The number of hydrogen-bond donors (Lipinski definition) is 1. The minimum Gasteiger partial charge on any atom is -0.368 e. The number of piperazine rings is 2. The van der Waals surface area contributed by atoms with Crippen LogP contribution in [0.1, 0.15) is 39.9 Å². The van der Waals surface area contributed by atoms with E-state index in [4.69, 9.17) is 23.2 Å². The first-order valence-corrected chi connectivity index (χ1v) is 20.8. The summed E-state index contributed by atoms with van der Waals surface area (Å²) in [5.74, 6) is -0.131. The van der Waals surface area contributed by atoms with Crippen molar-refractivity contribution in [1.82, 2.24) is 19.4 Å². The molecule has 2 amide bonds. The fourth-order valence-electron chi connectivity index (χ4n) is 6.84. The lowest BCUT2D eigenvalue weighted by Gasteiger charge is -2.36. The van der Waals surface area contributed by atoms with Gasteiger partial charge in [0, 0.05) is 99.0 Å². The van der Waals surface area contributed by atoms with E-state index < -0.39 is 10.0 Å². The third kappa shape index (κ3) is 9.23. The van der Waals surface area contributed by atoms with Crippen LogP contribution in [0.15, 0.2) is 60.7 Å². The molecule has 1 unspecified atom stereocenters. The van der Waals surface area contributed by atoms with Crippen molar-refractivity contribution in [3.05, 3.63) is 93.0 Å². The molecule has 268 valence electrons. The van der Waals surface area contributed by atoms with Gasteiger partial charge in [-0.1, -0.05) is 57.9 Å². The molecule has 0 saturated carbocycles. The first-order chi connectivity index (χ1) is 23.9. The van der Waals surface area contributed by atoms with Crippen LogP contribution in [-0.2, 0) is 34.3 Å². The number of sulfonamides is 1. The Balaban J connectivity index is 0.961. The molecule has 0 spiro atoms. The number of nitrogens with zero attached hydrogens (tertiary/aromatic N) is 5. The Kier molecular flexibility index (Phi) is 12.2. The lowest BCUT2D eigenvalue weighted by molar-refractivity contribution is -0.130. The van der Waals surface area contributed by atoms with Crippen molar-refractivity contribution in [2.24, 2.45) is 0 Å². The third-order valence-corrected chi connectivity index (χ3v) is 13.0. The van der Waals surface area contributed by atoms with E-state index >= 15 is 0 Å². The molecule has 3 aromatic carbocycles. The molecular weight excluding hydrogens is 810 g/mol. The summed E-state index contributed by atoms with van der Waals surface area (Å²) < 4.78 is 25.6. The summed E-state index contributed by atoms with van der Waals surface area (Å²) in [5, 5.41) is 3.98. The van der Waals surface area contributed by atoms with Gasteiger partial charge in [0.15, 0.2) is 0 Å². The van der Waals surface area contributed by atoms with Crippen LogP contribution in [-0.4, -0.2) is 104 Å². The molecule has 0 aliphatic carbocycles. The van der Waals surface area contributed by atoms with Crippen molar-refractivity contribution in [2.45, 2.75) is 36.4 Å². The van der Waals surface area contributed by atoms with Crippen LogP contribution in [0.3, 0.4) is 0 Å². The van der Waals surface area contributed by atoms with Crippen LogP contribution in [0.5, 0.6) is 0 Å². The molecule has 6 rings (SSSR count). The lowest BCUT2D eigenvalue weighted by atomic mass is 10.1. The standard InChI is InChI=1S/C36H43Cl2IN6O4S/c1-50(48,49)44-18-12-41(13-19-44)25-27-21-32(37)31(33(38)22-27)23-35(46)43-16-14-42(15-17-43)29-9-7-28(8-10-29)36(47)40-24-26-4-2-5-30(20-26)45-11-3-6-34(45)39/h2,4-5,7-10,20-22,34H,3,6,11-19,23-25H2,1H3,(H,40,47). The maximum Gasteiger partial charge on any atom is 0.251 e. The molecule has 0 radical (unpaired) electrons. The van der Waals surface area contributed by atoms with Gasteiger partial charge in [0.05, 0.1) is 16.7 Å². The van der Waals surface area contributed by atoms with Crippen molar-refractivity contribution in [3.8, 4) is 0 Å². The number of rotatable bonds is 10. The van der Waals surface area contributed by atoms with Gasteiger partial charge in [0.1, 0.15) is 0 Å². The molecule has 1 N–H and O–H groups in total. The number of nitrogens with one attached hydrogen (secondary N) is 1. The van der Waals surface area contributed by atoms with Gasteiger partial charge < -0.3 is 20.0 Å². The maximum absolute atomic E-state index is 13.3. The summed E-state index contributed by atoms with van der Waals surface area (Å²) in [5.41, 5.74) is 5.46. The average Bonchev–Trinajstić information content (AvgIpc) is 3.54. The van der Waals surface area contributed by atoms with Gasteiger partial charge in [-0.05, 0) is 78.1 Å². The second-order valence-electron chi connectivity index (χ2n) is 13.2. The minimum atomic E-state index is -3.19. The quantitative estimate of drug-likeness (QED) is 0.169. The molecule has 3 fully saturated rings. The highest BCUT2D eigenvalue weighted by molar-refractivity contribution is 14.1. The summed E-state index contributed by atoms with van der Waals surface area (Å²) in [6.45, 7) is 6.80. The number of halogens is 3. The molecule has 3 aliphatic rings. The summed E-state index contributed by atoms with van der Waals surface area (Å²) >= 11 is 15.8. The molecule has 3 aromatic rings. The van der Waals surface area contributed by atoms with Gasteiger partial charge >= 0.3 is 0 Å². The summed E-state index contributed by atoms with van der Waals surface area (Å²) in [6.07, 6.45) is 3.76. The van der Waals surface area contributed by atoms with Gasteiger partial charge in [-0.15, -0.1) is 0 Å². The summed E-state index contributed by atoms with van der Waals surface area (Å²) in [7, 11) is -3.19. The Hall–Kier alpha value is -2.62. The number of benzene rings is 3. The van der Waals surface area contributed by atoms with E-state index in [-0.39, 0.29) is 18.2 Å². The summed E-state index contributed by atoms with van der Waals surface area (Å²) in [4.78, 5) is 34.9. The number of carbonyl (C=O) groups is 2. The topological polar surface area (TPSA) is 96.5 Å². The molecule has 0 aromatic heterocycles. The Morgan fingerprint density at radius 3 is 2.14 bits per heavy atom. The number of carbonyl (C=O) groups excluding carboxylic acids is 2. The zero-order valence-corrected chi connectivity index (χ0v) is 32.6. The van der Waals surface area contributed by atoms with Crippen LogP contribution < -0.4 is 15.1 Å². The highest BCUT2D eigenvalue weighted by Crippen LogP contribution is 2.31. The fraction of sp³-hybridized carbons (Fsp3) is 0.444. The number of hydrogen-bond acceptors (Lipinski definition) is 7. The van der Waals surface area contributed by atoms with Crippen LogP contribution in [0.4, 0.5) is 11.4 Å². The molecule has 3 heterocycles. The second kappa shape index (κ2) is 16.4. The van der Waals surface area contributed by atoms with Gasteiger partial charge in [0.25, 0.3) is 5.91 Å². The predicted octanol–water partition coefficient (Wildman–Crippen LogP) is 5.25. The van der Waals surface area contributed by atoms with Crippen molar-refractivity contribution < 1.29 is 18.0 Å². The van der Waals surface area contributed by atoms with Crippen molar-refractivity contribution >= 4 is 79.0 Å². The normalized spacial score (nSPS) is 19.2. The zero-order chi connectivity index (χ0) is 35.4. The highest BCUT2D eigenvalue weighted by Gasteiger charge is 2.26. The largest absolute Gasteiger partial charge is 0.368 e. The predicted molar refractivity (Wildman–Crippen MR) is 209 cm³/mol. The van der Waals surface area contributed by atoms with E-state index in [9.17, 15) is 18.0 Å². The maximum atomic E-state index is 13.3. The molecule has 14 heteroatoms. The van der Waals surface area contributed by atoms with Crippen molar-refractivity contribution in [3.63, 3.8) is 0 Å². The summed E-state index contributed by atoms with van der Waals surface area (Å²) in [6, 6.07) is 19.8. The van der Waals surface area contributed by atoms with E-state index in [0.29, 0.717) is 90.7 Å². The van der Waals surface area contributed by atoms with E-state index in [1.807, 2.05) is 47.4 Å². The van der Waals surface area contributed by atoms with E-state index in [1.54, 1.807) is 0 Å². The molecule has 50 heavy (non-hydrogen) atoms. The van der Waals surface area contributed by atoms with Crippen LogP contribution >= 0.6 is 45.8 Å².